The molecule has 6 aromatic rings. The van der Waals surface area contributed by atoms with Crippen LogP contribution in [0.15, 0.2) is 152 Å². The number of fused-ring (bicyclic) bond motifs is 5. The van der Waals surface area contributed by atoms with Gasteiger partial charge in [-0.3, -0.25) is 0 Å². The maximum Gasteiger partial charge on any atom is 0.0465 e. The van der Waals surface area contributed by atoms with Crippen LogP contribution >= 0.6 is 0 Å². The number of nitrogens with zero attached hydrogens (tertiary/aromatic N) is 1. The molecule has 1 heteroatoms. The summed E-state index contributed by atoms with van der Waals surface area (Å²) in [7, 11) is 0. The van der Waals surface area contributed by atoms with Crippen LogP contribution < -0.4 is 4.90 Å². The third-order valence-electron chi connectivity index (χ3n) is 9.68. The molecule has 0 aliphatic heterocycles. The van der Waals surface area contributed by atoms with Crippen molar-refractivity contribution in [1.29, 1.82) is 0 Å². The van der Waals surface area contributed by atoms with E-state index in [1.807, 2.05) is 0 Å². The molecule has 2 aliphatic rings. The van der Waals surface area contributed by atoms with E-state index in [1.54, 1.807) is 0 Å². The second kappa shape index (κ2) is 10.7. The van der Waals surface area contributed by atoms with Crippen LogP contribution in [0.25, 0.3) is 33.4 Å². The lowest BCUT2D eigenvalue weighted by molar-refractivity contribution is 0.353. The molecule has 0 saturated heterocycles. The molecule has 1 nitrogen and oxygen atoms in total. The molecule has 0 unspecified atom stereocenters. The topological polar surface area (TPSA) is 3.24 Å². The van der Waals surface area contributed by atoms with Gasteiger partial charge in [0, 0.05) is 22.5 Å². The minimum atomic E-state index is 0.125. The maximum absolute atomic E-state index is 2.51. The van der Waals surface area contributed by atoms with Crippen molar-refractivity contribution in [3.05, 3.63) is 163 Å². The Labute approximate surface area is 255 Å². The van der Waals surface area contributed by atoms with Crippen LogP contribution in [0.1, 0.15) is 43.2 Å². The van der Waals surface area contributed by atoms with E-state index in [0.717, 1.165) is 0 Å². The first-order valence-electron chi connectivity index (χ1n) is 15.7. The van der Waals surface area contributed by atoms with Crippen molar-refractivity contribution in [2.75, 3.05) is 4.90 Å². The Bertz CT molecular complexity index is 1780. The summed E-state index contributed by atoms with van der Waals surface area (Å²) in [6, 6.07) is 55.7. The first-order chi connectivity index (χ1) is 21.3. The van der Waals surface area contributed by atoms with Gasteiger partial charge >= 0.3 is 0 Å². The summed E-state index contributed by atoms with van der Waals surface area (Å²) in [5, 5.41) is 0. The quantitative estimate of drug-likeness (QED) is 0.205. The largest absolute Gasteiger partial charge is 0.310 e. The Balaban J connectivity index is 1.26. The third kappa shape index (κ3) is 4.48. The van der Waals surface area contributed by atoms with E-state index in [9.17, 15) is 0 Å². The van der Waals surface area contributed by atoms with E-state index in [4.69, 9.17) is 0 Å². The number of benzene rings is 6. The molecule has 0 atom stereocenters. The molecule has 208 valence electrons. The molecule has 8 rings (SSSR count). The monoisotopic (exact) mass is 553 g/mol. The zero-order valence-electron chi connectivity index (χ0n) is 24.4. The SMILES string of the molecule is c1ccc(-c2ccc(N(c3ccc(-c4ccccc4)cc3)c3ccc4c(c3)C3(CCCCC3)c3ccccc3-4)cc2)cc1. The lowest BCUT2D eigenvalue weighted by Crippen LogP contribution is -2.28. The van der Waals surface area contributed by atoms with E-state index in [1.165, 1.54) is 93.7 Å². The fourth-order valence-corrected chi connectivity index (χ4v) is 7.59. The summed E-state index contributed by atoms with van der Waals surface area (Å²) in [6.45, 7) is 0. The molecule has 2 aliphatic carbocycles. The van der Waals surface area contributed by atoms with Gasteiger partial charge in [-0.05, 0) is 93.7 Å². The van der Waals surface area contributed by atoms with Gasteiger partial charge in [-0.1, -0.05) is 135 Å². The van der Waals surface area contributed by atoms with Gasteiger partial charge < -0.3 is 4.90 Å². The van der Waals surface area contributed by atoms with E-state index in [0.29, 0.717) is 0 Å². The van der Waals surface area contributed by atoms with Crippen molar-refractivity contribution in [3.8, 4) is 33.4 Å². The molecular weight excluding hydrogens is 518 g/mol. The Kier molecular flexibility index (Phi) is 6.45. The molecule has 0 radical (unpaired) electrons. The lowest BCUT2D eigenvalue weighted by Gasteiger charge is -2.36. The molecule has 0 N–H and O–H groups in total. The predicted octanol–water partition coefficient (Wildman–Crippen LogP) is 11.7. The van der Waals surface area contributed by atoms with Gasteiger partial charge in [0.1, 0.15) is 0 Å². The van der Waals surface area contributed by atoms with Crippen molar-refractivity contribution in [1.82, 2.24) is 0 Å². The summed E-state index contributed by atoms with van der Waals surface area (Å²) >= 11 is 0. The van der Waals surface area contributed by atoms with Gasteiger partial charge in [0.25, 0.3) is 0 Å². The van der Waals surface area contributed by atoms with Gasteiger partial charge in [0.05, 0.1) is 0 Å². The lowest BCUT2D eigenvalue weighted by atomic mass is 9.68. The van der Waals surface area contributed by atoms with Crippen molar-refractivity contribution < 1.29 is 0 Å². The molecule has 0 aromatic heterocycles. The van der Waals surface area contributed by atoms with Gasteiger partial charge in [0.15, 0.2) is 0 Å². The van der Waals surface area contributed by atoms with Crippen LogP contribution in [0.4, 0.5) is 17.1 Å². The summed E-state index contributed by atoms with van der Waals surface area (Å²) in [5.74, 6) is 0. The molecule has 0 bridgehead atoms. The predicted molar refractivity (Wildman–Crippen MR) is 181 cm³/mol. The zero-order chi connectivity index (χ0) is 28.6. The van der Waals surface area contributed by atoms with Crippen LogP contribution in [0.2, 0.25) is 0 Å². The van der Waals surface area contributed by atoms with E-state index < -0.39 is 0 Å². The summed E-state index contributed by atoms with van der Waals surface area (Å²) in [4.78, 5) is 2.43. The highest BCUT2D eigenvalue weighted by Gasteiger charge is 2.43. The summed E-state index contributed by atoms with van der Waals surface area (Å²) in [5.41, 5.74) is 14.5. The average Bonchev–Trinajstić information content (AvgIpc) is 3.35. The van der Waals surface area contributed by atoms with Crippen LogP contribution in [0.5, 0.6) is 0 Å². The number of anilines is 3. The first kappa shape index (κ1) is 25.8. The Hall–Kier alpha value is -4.88. The molecule has 0 heterocycles. The van der Waals surface area contributed by atoms with E-state index in [-0.39, 0.29) is 5.41 Å². The molecule has 6 aromatic carbocycles. The highest BCUT2D eigenvalue weighted by Crippen LogP contribution is 2.56. The first-order valence-corrected chi connectivity index (χ1v) is 15.7. The molecule has 1 fully saturated rings. The highest BCUT2D eigenvalue weighted by atomic mass is 15.1. The highest BCUT2D eigenvalue weighted by molar-refractivity contribution is 5.86. The molecule has 1 saturated carbocycles. The van der Waals surface area contributed by atoms with Crippen molar-refractivity contribution >= 4 is 17.1 Å². The average molecular weight is 554 g/mol. The van der Waals surface area contributed by atoms with Crippen LogP contribution in [-0.2, 0) is 5.41 Å². The normalized spacial score (nSPS) is 14.7. The van der Waals surface area contributed by atoms with Gasteiger partial charge in [0.2, 0.25) is 0 Å². The molecule has 43 heavy (non-hydrogen) atoms. The fraction of sp³-hybridized carbons (Fsp3) is 0.143. The van der Waals surface area contributed by atoms with Crippen molar-refractivity contribution in [2.45, 2.75) is 37.5 Å². The summed E-state index contributed by atoms with van der Waals surface area (Å²) < 4.78 is 0. The van der Waals surface area contributed by atoms with Gasteiger partial charge in [-0.25, -0.2) is 0 Å². The van der Waals surface area contributed by atoms with Crippen LogP contribution in [0.3, 0.4) is 0 Å². The van der Waals surface area contributed by atoms with Crippen molar-refractivity contribution in [2.24, 2.45) is 0 Å². The Morgan fingerprint density at radius 3 is 1.42 bits per heavy atom. The number of rotatable bonds is 5. The fourth-order valence-electron chi connectivity index (χ4n) is 7.59. The third-order valence-corrected chi connectivity index (χ3v) is 9.68. The maximum atomic E-state index is 2.51. The molecule has 1 spiro atoms. The number of hydrogen-bond acceptors (Lipinski definition) is 1. The second-order valence-electron chi connectivity index (χ2n) is 12.1. The molecular formula is C42H35N. The van der Waals surface area contributed by atoms with Gasteiger partial charge in [-0.15, -0.1) is 0 Å². The smallest absolute Gasteiger partial charge is 0.0465 e. The van der Waals surface area contributed by atoms with Crippen molar-refractivity contribution in [3.63, 3.8) is 0 Å². The minimum absolute atomic E-state index is 0.125. The van der Waals surface area contributed by atoms with Gasteiger partial charge in [-0.2, -0.15) is 0 Å². The van der Waals surface area contributed by atoms with E-state index >= 15 is 0 Å². The minimum Gasteiger partial charge on any atom is -0.310 e. The Morgan fingerprint density at radius 1 is 0.372 bits per heavy atom. The standard InChI is InChI=1S/C42H35N/c1-4-12-31(13-5-1)33-18-22-35(23-19-33)43(36-24-20-34(21-25-36)32-14-6-2-7-15-32)37-26-27-39-38-16-8-9-17-40(38)42(41(39)30-37)28-10-3-11-29-42/h1-2,4-9,12-27,30H,3,10-11,28-29H2. The second-order valence-corrected chi connectivity index (χ2v) is 12.1. The van der Waals surface area contributed by atoms with E-state index in [2.05, 4.69) is 157 Å². The van der Waals surface area contributed by atoms with Crippen LogP contribution in [0, 0.1) is 0 Å². The Morgan fingerprint density at radius 2 is 0.837 bits per heavy atom. The number of hydrogen-bond donors (Lipinski definition) is 0. The summed E-state index contributed by atoms with van der Waals surface area (Å²) in [6.07, 6.45) is 6.40. The molecule has 0 amide bonds. The van der Waals surface area contributed by atoms with Crippen LogP contribution in [-0.4, -0.2) is 0 Å². The zero-order valence-corrected chi connectivity index (χ0v) is 24.4.